The van der Waals surface area contributed by atoms with Crippen LogP contribution in [0.3, 0.4) is 0 Å². The lowest BCUT2D eigenvalue weighted by atomic mass is 10.3. The third-order valence-electron chi connectivity index (χ3n) is 2.40. The van der Waals surface area contributed by atoms with E-state index in [1.54, 1.807) is 11.0 Å². The van der Waals surface area contributed by atoms with E-state index >= 15 is 0 Å². The largest absolute Gasteiger partial charge is 0.329 e. The lowest BCUT2D eigenvalue weighted by molar-refractivity contribution is 0.0769. The molecule has 0 N–H and O–H groups in total. The number of carbonyl (C=O) groups excluding carboxylic acids is 1. The number of hydrogen-bond acceptors (Lipinski definition) is 3. The van der Waals surface area contributed by atoms with Gasteiger partial charge in [-0.25, -0.2) is 0 Å². The van der Waals surface area contributed by atoms with Gasteiger partial charge in [0.2, 0.25) is 0 Å². The maximum atomic E-state index is 12.4. The third kappa shape index (κ3) is 3.92. The summed E-state index contributed by atoms with van der Waals surface area (Å²) in [5.41, 5.74) is 0. The van der Waals surface area contributed by atoms with Gasteiger partial charge in [0.25, 0.3) is 5.91 Å². The van der Waals surface area contributed by atoms with Crippen molar-refractivity contribution in [2.75, 3.05) is 6.54 Å². The van der Waals surface area contributed by atoms with Gasteiger partial charge >= 0.3 is 0 Å². The molecule has 0 fully saturated rings. The van der Waals surface area contributed by atoms with E-state index in [-0.39, 0.29) is 5.91 Å². The smallest absolute Gasteiger partial charge is 0.264 e. The average Bonchev–Trinajstić information content (AvgIpc) is 2.97. The molecule has 2 rings (SSSR count). The standard InChI is InChI=1S/C13H11BrClNOS2/c1-2-7-16(8-9-3-6-12(15)18-9)13(17)10-4-5-11(14)19-10/h2-6H,1,7-8H2. The van der Waals surface area contributed by atoms with Crippen molar-refractivity contribution in [3.05, 3.63) is 54.8 Å². The Kier molecular flexibility index (Phi) is 5.21. The zero-order valence-electron chi connectivity index (χ0n) is 9.94. The molecule has 0 aliphatic rings. The summed E-state index contributed by atoms with van der Waals surface area (Å²) < 4.78 is 1.69. The summed E-state index contributed by atoms with van der Waals surface area (Å²) >= 11 is 12.2. The first-order chi connectivity index (χ1) is 9.10. The first-order valence-corrected chi connectivity index (χ1v) is 8.30. The Bertz CT molecular complexity index is 593. The molecule has 0 aliphatic heterocycles. The second-order valence-corrected chi connectivity index (χ2v) is 8.05. The first kappa shape index (κ1) is 14.8. The first-order valence-electron chi connectivity index (χ1n) is 5.50. The average molecular weight is 377 g/mol. The molecule has 100 valence electrons. The van der Waals surface area contributed by atoms with E-state index in [1.165, 1.54) is 22.7 Å². The molecule has 0 aromatic carbocycles. The highest BCUT2D eigenvalue weighted by Gasteiger charge is 2.17. The number of hydrogen-bond donors (Lipinski definition) is 0. The zero-order chi connectivity index (χ0) is 13.8. The molecule has 0 saturated carbocycles. The van der Waals surface area contributed by atoms with Crippen molar-refractivity contribution in [3.8, 4) is 0 Å². The predicted octanol–water partition coefficient (Wildman–Crippen LogP) is 5.05. The molecule has 0 atom stereocenters. The Morgan fingerprint density at radius 1 is 1.37 bits per heavy atom. The molecule has 0 saturated heterocycles. The Morgan fingerprint density at radius 3 is 2.68 bits per heavy atom. The maximum absolute atomic E-state index is 12.4. The van der Waals surface area contributed by atoms with E-state index in [0.717, 1.165) is 17.9 Å². The third-order valence-corrected chi connectivity index (χ3v) is 5.22. The summed E-state index contributed by atoms with van der Waals surface area (Å²) in [4.78, 5) is 15.9. The number of nitrogens with zero attached hydrogens (tertiary/aromatic N) is 1. The van der Waals surface area contributed by atoms with E-state index < -0.39 is 0 Å². The van der Waals surface area contributed by atoms with E-state index in [4.69, 9.17) is 11.6 Å². The van der Waals surface area contributed by atoms with Crippen LogP contribution in [0.25, 0.3) is 0 Å². The Balaban J connectivity index is 2.15. The van der Waals surface area contributed by atoms with E-state index in [2.05, 4.69) is 22.5 Å². The monoisotopic (exact) mass is 375 g/mol. The molecular formula is C13H11BrClNOS2. The van der Waals surface area contributed by atoms with Crippen molar-refractivity contribution in [2.45, 2.75) is 6.54 Å². The molecule has 2 aromatic rings. The zero-order valence-corrected chi connectivity index (χ0v) is 13.9. The minimum Gasteiger partial charge on any atom is -0.329 e. The van der Waals surface area contributed by atoms with Crippen molar-refractivity contribution in [1.29, 1.82) is 0 Å². The normalized spacial score (nSPS) is 10.4. The Morgan fingerprint density at radius 2 is 2.16 bits per heavy atom. The lowest BCUT2D eigenvalue weighted by Gasteiger charge is -2.19. The van der Waals surface area contributed by atoms with Gasteiger partial charge in [-0.05, 0) is 40.2 Å². The van der Waals surface area contributed by atoms with Crippen LogP contribution in [0.4, 0.5) is 0 Å². The molecule has 19 heavy (non-hydrogen) atoms. The Hall–Kier alpha value is -0.620. The van der Waals surface area contributed by atoms with Gasteiger partial charge < -0.3 is 4.90 Å². The van der Waals surface area contributed by atoms with Gasteiger partial charge in [-0.15, -0.1) is 29.3 Å². The summed E-state index contributed by atoms with van der Waals surface area (Å²) in [6.07, 6.45) is 1.73. The van der Waals surface area contributed by atoms with Gasteiger partial charge in [-0.1, -0.05) is 17.7 Å². The molecular weight excluding hydrogens is 366 g/mol. The fourth-order valence-electron chi connectivity index (χ4n) is 1.59. The fraction of sp³-hybridized carbons (Fsp3) is 0.154. The summed E-state index contributed by atoms with van der Waals surface area (Å²) in [6.45, 7) is 4.78. The molecule has 2 aromatic heterocycles. The van der Waals surface area contributed by atoms with Crippen LogP contribution in [-0.4, -0.2) is 17.4 Å². The van der Waals surface area contributed by atoms with Crippen LogP contribution in [0.2, 0.25) is 4.34 Å². The van der Waals surface area contributed by atoms with E-state index in [9.17, 15) is 4.79 Å². The number of thiophene rings is 2. The minimum atomic E-state index is 0.0140. The fourth-order valence-corrected chi connectivity index (χ4v) is 4.04. The number of amides is 1. The Labute approximate surface area is 133 Å². The van der Waals surface area contributed by atoms with E-state index in [0.29, 0.717) is 13.1 Å². The summed E-state index contributed by atoms with van der Waals surface area (Å²) in [5.74, 6) is 0.0140. The van der Waals surface area contributed by atoms with E-state index in [1.807, 2.05) is 24.3 Å². The van der Waals surface area contributed by atoms with Crippen LogP contribution >= 0.6 is 50.2 Å². The van der Waals surface area contributed by atoms with Crippen molar-refractivity contribution in [2.24, 2.45) is 0 Å². The quantitative estimate of drug-likeness (QED) is 0.668. The summed E-state index contributed by atoms with van der Waals surface area (Å²) in [6, 6.07) is 7.50. The van der Waals surface area contributed by atoms with Crippen LogP contribution in [0, 0.1) is 0 Å². The molecule has 0 radical (unpaired) electrons. The van der Waals surface area contributed by atoms with Gasteiger partial charge in [0.15, 0.2) is 0 Å². The van der Waals surface area contributed by atoms with Gasteiger partial charge in [0, 0.05) is 11.4 Å². The highest BCUT2D eigenvalue weighted by molar-refractivity contribution is 9.11. The van der Waals surface area contributed by atoms with Crippen molar-refractivity contribution >= 4 is 56.1 Å². The van der Waals surface area contributed by atoms with Gasteiger partial charge in [-0.3, -0.25) is 4.79 Å². The van der Waals surface area contributed by atoms with Crippen LogP contribution in [0.5, 0.6) is 0 Å². The second kappa shape index (κ2) is 6.70. The summed E-state index contributed by atoms with van der Waals surface area (Å²) in [7, 11) is 0. The van der Waals surface area contributed by atoms with Gasteiger partial charge in [0.1, 0.15) is 0 Å². The SMILES string of the molecule is C=CCN(Cc1ccc(Cl)s1)C(=O)c1ccc(Br)s1. The molecule has 0 spiro atoms. The van der Waals surface area contributed by atoms with Crippen LogP contribution in [-0.2, 0) is 6.54 Å². The van der Waals surface area contributed by atoms with Crippen LogP contribution in [0.1, 0.15) is 14.5 Å². The van der Waals surface area contributed by atoms with Crippen LogP contribution in [0.15, 0.2) is 40.7 Å². The molecule has 0 aliphatic carbocycles. The number of rotatable bonds is 5. The minimum absolute atomic E-state index is 0.0140. The summed E-state index contributed by atoms with van der Waals surface area (Å²) in [5, 5.41) is 0. The van der Waals surface area contributed by atoms with Crippen LogP contribution < -0.4 is 0 Å². The maximum Gasteiger partial charge on any atom is 0.264 e. The van der Waals surface area contributed by atoms with Gasteiger partial charge in [-0.2, -0.15) is 0 Å². The molecule has 0 unspecified atom stereocenters. The van der Waals surface area contributed by atoms with Crippen molar-refractivity contribution < 1.29 is 4.79 Å². The predicted molar refractivity (Wildman–Crippen MR) is 86.3 cm³/mol. The lowest BCUT2D eigenvalue weighted by Crippen LogP contribution is -2.29. The van der Waals surface area contributed by atoms with Gasteiger partial charge in [0.05, 0.1) is 19.5 Å². The molecule has 6 heteroatoms. The number of carbonyl (C=O) groups is 1. The second-order valence-electron chi connectivity index (χ2n) is 3.78. The highest BCUT2D eigenvalue weighted by Crippen LogP contribution is 2.26. The highest BCUT2D eigenvalue weighted by atomic mass is 79.9. The molecule has 2 nitrogen and oxygen atoms in total. The molecule has 0 bridgehead atoms. The number of halogens is 2. The van der Waals surface area contributed by atoms with Crippen molar-refractivity contribution in [1.82, 2.24) is 4.90 Å². The topological polar surface area (TPSA) is 20.3 Å². The molecule has 2 heterocycles. The molecule has 1 amide bonds. The van der Waals surface area contributed by atoms with Crippen molar-refractivity contribution in [3.63, 3.8) is 0 Å².